The number of aliphatic imine (C=N–C) groups is 1. The normalized spacial score (nSPS) is 15.0. The van der Waals surface area contributed by atoms with Crippen molar-refractivity contribution in [2.45, 2.75) is 49.9 Å². The number of guanidine groups is 1. The molecular weight excluding hydrogens is 332 g/mol. The lowest BCUT2D eigenvalue weighted by molar-refractivity contribution is 0.684. The third-order valence-corrected chi connectivity index (χ3v) is 5.16. The van der Waals surface area contributed by atoms with E-state index in [-0.39, 0.29) is 0 Å². The van der Waals surface area contributed by atoms with E-state index in [2.05, 4.69) is 68.5 Å². The number of thioether (sulfide) groups is 1. The molecule has 0 aliphatic carbocycles. The Bertz CT molecular complexity index is 697. The van der Waals surface area contributed by atoms with Crippen LogP contribution in [0.1, 0.15) is 31.9 Å². The summed E-state index contributed by atoms with van der Waals surface area (Å²) in [5, 5.41) is 15.7. The fourth-order valence-electron chi connectivity index (χ4n) is 2.83. The Balaban J connectivity index is 1.53. The molecule has 1 aliphatic rings. The molecule has 0 saturated carbocycles. The molecule has 0 bridgehead atoms. The van der Waals surface area contributed by atoms with Crippen molar-refractivity contribution in [1.29, 1.82) is 0 Å². The molecule has 6 nitrogen and oxygen atoms in total. The fourth-order valence-corrected chi connectivity index (χ4v) is 3.78. The topological polar surface area (TPSA) is 67.1 Å². The smallest absolute Gasteiger partial charge is 0.191 e. The van der Waals surface area contributed by atoms with Gasteiger partial charge in [-0.2, -0.15) is 0 Å². The van der Waals surface area contributed by atoms with Crippen molar-refractivity contribution in [3.8, 4) is 0 Å². The lowest BCUT2D eigenvalue weighted by Gasteiger charge is -2.15. The number of aryl methyl sites for hydroxylation is 1. The van der Waals surface area contributed by atoms with Gasteiger partial charge in [0.25, 0.3) is 0 Å². The van der Waals surface area contributed by atoms with E-state index >= 15 is 0 Å². The lowest BCUT2D eigenvalue weighted by atomic mass is 10.4. The van der Waals surface area contributed by atoms with E-state index in [9.17, 15) is 0 Å². The summed E-state index contributed by atoms with van der Waals surface area (Å²) >= 11 is 1.86. The van der Waals surface area contributed by atoms with Crippen LogP contribution in [0, 0.1) is 0 Å². The van der Waals surface area contributed by atoms with Gasteiger partial charge in [0.05, 0.1) is 0 Å². The summed E-state index contributed by atoms with van der Waals surface area (Å²) in [6.45, 7) is 7.56. The second-order valence-corrected chi connectivity index (χ2v) is 7.62. The Hall–Kier alpha value is -2.02. The Morgan fingerprint density at radius 1 is 1.28 bits per heavy atom. The maximum absolute atomic E-state index is 4.67. The Morgan fingerprint density at radius 3 is 2.92 bits per heavy atom. The first-order valence-electron chi connectivity index (χ1n) is 8.91. The first-order valence-corrected chi connectivity index (χ1v) is 9.79. The first kappa shape index (κ1) is 17.8. The van der Waals surface area contributed by atoms with Gasteiger partial charge in [-0.05, 0) is 25.5 Å². The molecule has 0 saturated heterocycles. The third kappa shape index (κ3) is 4.98. The maximum atomic E-state index is 4.67. The first-order chi connectivity index (χ1) is 12.3. The minimum absolute atomic E-state index is 0.448. The molecular formula is C18H26N6S. The van der Waals surface area contributed by atoms with E-state index in [1.807, 2.05) is 17.8 Å². The molecule has 25 heavy (non-hydrogen) atoms. The van der Waals surface area contributed by atoms with Crippen LogP contribution in [0.25, 0.3) is 0 Å². The van der Waals surface area contributed by atoms with Crippen molar-refractivity contribution in [3.05, 3.63) is 42.0 Å². The van der Waals surface area contributed by atoms with Crippen molar-refractivity contribution < 1.29 is 0 Å². The molecule has 0 spiro atoms. The van der Waals surface area contributed by atoms with Crippen molar-refractivity contribution in [2.24, 2.45) is 4.99 Å². The number of hydrogen-bond donors (Lipinski definition) is 2. The fraction of sp³-hybridized carbons (Fsp3) is 0.500. The van der Waals surface area contributed by atoms with Gasteiger partial charge in [0.2, 0.25) is 0 Å². The van der Waals surface area contributed by atoms with Gasteiger partial charge in [0.15, 0.2) is 11.8 Å². The van der Waals surface area contributed by atoms with Crippen molar-refractivity contribution in [3.63, 3.8) is 0 Å². The van der Waals surface area contributed by atoms with Crippen LogP contribution in [0.5, 0.6) is 0 Å². The van der Waals surface area contributed by atoms with Gasteiger partial charge < -0.3 is 15.2 Å². The van der Waals surface area contributed by atoms with Gasteiger partial charge in [-0.1, -0.05) is 25.1 Å². The van der Waals surface area contributed by atoms with Gasteiger partial charge in [-0.25, -0.2) is 4.99 Å². The SMILES string of the molecule is CCNC(=NCc1nnc2n1CCC2)NCC(C)Sc1ccccc1. The van der Waals surface area contributed by atoms with E-state index in [1.165, 1.54) is 4.90 Å². The van der Waals surface area contributed by atoms with Crippen LogP contribution >= 0.6 is 11.8 Å². The number of hydrogen-bond acceptors (Lipinski definition) is 4. The van der Waals surface area contributed by atoms with Gasteiger partial charge in [0, 0.05) is 36.2 Å². The average molecular weight is 359 g/mol. The molecule has 1 unspecified atom stereocenters. The highest BCUT2D eigenvalue weighted by Gasteiger charge is 2.16. The minimum atomic E-state index is 0.448. The molecule has 2 heterocycles. The molecule has 1 atom stereocenters. The number of nitrogens with one attached hydrogen (secondary N) is 2. The highest BCUT2D eigenvalue weighted by Crippen LogP contribution is 2.21. The molecule has 1 aromatic heterocycles. The van der Waals surface area contributed by atoms with Crippen molar-refractivity contribution in [2.75, 3.05) is 13.1 Å². The molecule has 1 aliphatic heterocycles. The molecule has 2 aromatic rings. The monoisotopic (exact) mass is 358 g/mol. The molecule has 134 valence electrons. The van der Waals surface area contributed by atoms with Gasteiger partial charge in [0.1, 0.15) is 12.4 Å². The zero-order valence-corrected chi connectivity index (χ0v) is 15.7. The highest BCUT2D eigenvalue weighted by atomic mass is 32.2. The van der Waals surface area contributed by atoms with Crippen molar-refractivity contribution >= 4 is 17.7 Å². The van der Waals surface area contributed by atoms with E-state index < -0.39 is 0 Å². The summed E-state index contributed by atoms with van der Waals surface area (Å²) in [7, 11) is 0. The number of rotatable bonds is 7. The standard InChI is InChI=1S/C18H26N6S/c1-3-19-18(20-12-14(2)25-15-8-5-4-6-9-15)21-13-17-23-22-16-10-7-11-24(16)17/h4-6,8-9,14H,3,7,10-13H2,1-2H3,(H2,19,20,21). The summed E-state index contributed by atoms with van der Waals surface area (Å²) in [4.78, 5) is 5.96. The molecule has 1 aromatic carbocycles. The number of aromatic nitrogens is 3. The summed E-state index contributed by atoms with van der Waals surface area (Å²) in [5.41, 5.74) is 0. The summed E-state index contributed by atoms with van der Waals surface area (Å²) in [5.74, 6) is 2.88. The van der Waals surface area contributed by atoms with E-state index in [1.54, 1.807) is 0 Å². The number of fused-ring (bicyclic) bond motifs is 1. The zero-order chi connectivity index (χ0) is 17.5. The van der Waals surface area contributed by atoms with E-state index in [0.29, 0.717) is 11.8 Å². The highest BCUT2D eigenvalue weighted by molar-refractivity contribution is 8.00. The van der Waals surface area contributed by atoms with E-state index in [0.717, 1.165) is 50.1 Å². The number of benzene rings is 1. The van der Waals surface area contributed by atoms with Gasteiger partial charge in [-0.15, -0.1) is 22.0 Å². The predicted octanol–water partition coefficient (Wildman–Crippen LogP) is 2.46. The van der Waals surface area contributed by atoms with Crippen LogP contribution in [-0.4, -0.2) is 39.1 Å². The molecule has 0 radical (unpaired) electrons. The summed E-state index contributed by atoms with van der Waals surface area (Å²) in [6, 6.07) is 10.5. The number of nitrogens with zero attached hydrogens (tertiary/aromatic N) is 4. The quantitative estimate of drug-likeness (QED) is 0.452. The second kappa shape index (κ2) is 8.89. The minimum Gasteiger partial charge on any atom is -0.357 e. The van der Waals surface area contributed by atoms with Crippen molar-refractivity contribution in [1.82, 2.24) is 25.4 Å². The summed E-state index contributed by atoms with van der Waals surface area (Å²) < 4.78 is 2.20. The van der Waals surface area contributed by atoms with Crippen LogP contribution in [0.3, 0.4) is 0 Å². The second-order valence-electron chi connectivity index (χ2n) is 6.11. The molecule has 7 heteroatoms. The van der Waals surface area contributed by atoms with E-state index in [4.69, 9.17) is 0 Å². The third-order valence-electron chi connectivity index (χ3n) is 4.05. The zero-order valence-electron chi connectivity index (χ0n) is 14.9. The largest absolute Gasteiger partial charge is 0.357 e. The van der Waals surface area contributed by atoms with Crippen LogP contribution in [0.15, 0.2) is 40.2 Å². The Labute approximate surface area is 153 Å². The van der Waals surface area contributed by atoms with Crippen LogP contribution in [-0.2, 0) is 19.5 Å². The van der Waals surface area contributed by atoms with Crippen LogP contribution in [0.2, 0.25) is 0 Å². The predicted molar refractivity (Wildman–Crippen MR) is 103 cm³/mol. The van der Waals surface area contributed by atoms with Gasteiger partial charge in [-0.3, -0.25) is 0 Å². The average Bonchev–Trinajstić information content (AvgIpc) is 3.22. The Morgan fingerprint density at radius 2 is 2.12 bits per heavy atom. The lowest BCUT2D eigenvalue weighted by Crippen LogP contribution is -2.40. The summed E-state index contributed by atoms with van der Waals surface area (Å²) in [6.07, 6.45) is 2.19. The van der Waals surface area contributed by atoms with Gasteiger partial charge >= 0.3 is 0 Å². The van der Waals surface area contributed by atoms with Crippen LogP contribution in [0.4, 0.5) is 0 Å². The molecule has 0 fully saturated rings. The van der Waals surface area contributed by atoms with Crippen LogP contribution < -0.4 is 10.6 Å². The molecule has 0 amide bonds. The Kier molecular flexibility index (Phi) is 6.33. The molecule has 2 N–H and O–H groups in total. The molecule has 3 rings (SSSR count). The maximum Gasteiger partial charge on any atom is 0.191 e.